The van der Waals surface area contributed by atoms with E-state index in [2.05, 4.69) is 15.3 Å². The molecule has 4 aromatic rings. The summed E-state index contributed by atoms with van der Waals surface area (Å²) in [7, 11) is 0. The van der Waals surface area contributed by atoms with Crippen molar-refractivity contribution in [3.05, 3.63) is 82.0 Å². The highest BCUT2D eigenvalue weighted by Gasteiger charge is 2.17. The lowest BCUT2D eigenvalue weighted by Crippen LogP contribution is -2.35. The van der Waals surface area contributed by atoms with Crippen molar-refractivity contribution in [2.24, 2.45) is 0 Å². The molecule has 0 unspecified atom stereocenters. The third-order valence-electron chi connectivity index (χ3n) is 4.46. The molecule has 0 aliphatic rings. The van der Waals surface area contributed by atoms with E-state index in [1.807, 2.05) is 6.07 Å². The maximum Gasteiger partial charge on any atom is 0.267 e. The Morgan fingerprint density at radius 2 is 2.11 bits per heavy atom. The van der Waals surface area contributed by atoms with Crippen molar-refractivity contribution >= 4 is 22.6 Å². The largest absolute Gasteiger partial charge is 0.352 e. The molecule has 28 heavy (non-hydrogen) atoms. The number of carbonyl (C=O) groups excluding carboxylic acids is 1. The zero-order valence-corrected chi connectivity index (χ0v) is 15.2. The number of rotatable bonds is 4. The van der Waals surface area contributed by atoms with Crippen LogP contribution in [0.25, 0.3) is 16.7 Å². The quantitative estimate of drug-likeness (QED) is 0.526. The summed E-state index contributed by atoms with van der Waals surface area (Å²) in [5, 5.41) is 11.6. The summed E-state index contributed by atoms with van der Waals surface area (Å²) >= 11 is 0. The minimum Gasteiger partial charge on any atom is -0.352 e. The molecule has 0 atom stereocenters. The SMILES string of the molecule is CCNC(=O)c1cc2c(=O)n3ccccc3nc2n(Cc2cccnc2)c1=N. The van der Waals surface area contributed by atoms with Crippen LogP contribution in [-0.2, 0) is 6.54 Å². The molecule has 140 valence electrons. The molecule has 1 amide bonds. The van der Waals surface area contributed by atoms with Gasteiger partial charge < -0.3 is 9.88 Å². The number of pyridine rings is 3. The van der Waals surface area contributed by atoms with Crippen molar-refractivity contribution in [2.75, 3.05) is 6.54 Å². The smallest absolute Gasteiger partial charge is 0.267 e. The van der Waals surface area contributed by atoms with Crippen LogP contribution in [0, 0.1) is 5.41 Å². The molecule has 0 radical (unpaired) electrons. The standard InChI is InChI=1S/C20H18N6O2/c1-2-23-19(27)14-10-15-18(24-16-7-3-4-9-25(16)20(15)28)26(17(14)21)12-13-6-5-8-22-11-13/h3-11,21H,2,12H2,1H3,(H,23,27). The summed E-state index contributed by atoms with van der Waals surface area (Å²) < 4.78 is 3.01. The summed E-state index contributed by atoms with van der Waals surface area (Å²) in [4.78, 5) is 34.2. The number of fused-ring (bicyclic) bond motifs is 2. The van der Waals surface area contributed by atoms with Crippen LogP contribution in [0.4, 0.5) is 0 Å². The summed E-state index contributed by atoms with van der Waals surface area (Å²) in [5.41, 5.74) is 1.52. The number of hydrogen-bond acceptors (Lipinski definition) is 5. The number of aromatic nitrogens is 4. The molecule has 0 saturated carbocycles. The Kier molecular flexibility index (Phi) is 4.44. The lowest BCUT2D eigenvalue weighted by molar-refractivity contribution is 0.0953. The predicted octanol–water partition coefficient (Wildman–Crippen LogP) is 1.32. The van der Waals surface area contributed by atoms with Crippen molar-refractivity contribution in [2.45, 2.75) is 13.5 Å². The number of hydrogen-bond donors (Lipinski definition) is 2. The first-order chi connectivity index (χ1) is 13.6. The fourth-order valence-electron chi connectivity index (χ4n) is 3.14. The van der Waals surface area contributed by atoms with Crippen LogP contribution in [0.3, 0.4) is 0 Å². The molecule has 0 aliphatic carbocycles. The molecule has 4 rings (SSSR count). The van der Waals surface area contributed by atoms with Gasteiger partial charge in [0.15, 0.2) is 0 Å². The molecule has 0 aromatic carbocycles. The molecule has 4 aromatic heterocycles. The van der Waals surface area contributed by atoms with Crippen molar-refractivity contribution < 1.29 is 4.79 Å². The predicted molar refractivity (Wildman–Crippen MR) is 104 cm³/mol. The second-order valence-corrected chi connectivity index (χ2v) is 6.30. The van der Waals surface area contributed by atoms with Gasteiger partial charge in [0, 0.05) is 25.1 Å². The van der Waals surface area contributed by atoms with Gasteiger partial charge in [-0.25, -0.2) is 4.98 Å². The van der Waals surface area contributed by atoms with E-state index in [1.54, 1.807) is 54.3 Å². The van der Waals surface area contributed by atoms with Crippen LogP contribution in [0.15, 0.2) is 59.8 Å². The van der Waals surface area contributed by atoms with E-state index in [-0.39, 0.29) is 28.5 Å². The third-order valence-corrected chi connectivity index (χ3v) is 4.46. The van der Waals surface area contributed by atoms with E-state index in [9.17, 15) is 9.59 Å². The van der Waals surface area contributed by atoms with E-state index in [0.29, 0.717) is 17.8 Å². The van der Waals surface area contributed by atoms with E-state index in [4.69, 9.17) is 5.41 Å². The summed E-state index contributed by atoms with van der Waals surface area (Å²) in [6, 6.07) is 10.4. The first-order valence-electron chi connectivity index (χ1n) is 8.86. The number of nitrogens with zero attached hydrogens (tertiary/aromatic N) is 4. The lowest BCUT2D eigenvalue weighted by Gasteiger charge is -2.14. The Bertz CT molecular complexity index is 1310. The van der Waals surface area contributed by atoms with Crippen LogP contribution >= 0.6 is 0 Å². The molecule has 0 spiro atoms. The third kappa shape index (κ3) is 2.94. The van der Waals surface area contributed by atoms with Crippen molar-refractivity contribution in [3.63, 3.8) is 0 Å². The molecule has 0 fully saturated rings. The molecule has 2 N–H and O–H groups in total. The van der Waals surface area contributed by atoms with E-state index in [1.165, 1.54) is 10.5 Å². The highest BCUT2D eigenvalue weighted by molar-refractivity contribution is 5.96. The average Bonchev–Trinajstić information content (AvgIpc) is 2.71. The minimum absolute atomic E-state index is 0.00511. The van der Waals surface area contributed by atoms with Crippen LogP contribution in [0.1, 0.15) is 22.8 Å². The summed E-state index contributed by atoms with van der Waals surface area (Å²) in [6.45, 7) is 2.50. The maximum absolute atomic E-state index is 13.0. The second-order valence-electron chi connectivity index (χ2n) is 6.30. The maximum atomic E-state index is 13.0. The second kappa shape index (κ2) is 7.07. The zero-order chi connectivity index (χ0) is 19.7. The van der Waals surface area contributed by atoms with E-state index < -0.39 is 5.91 Å². The first-order valence-corrected chi connectivity index (χ1v) is 8.86. The molecule has 8 nitrogen and oxygen atoms in total. The van der Waals surface area contributed by atoms with Gasteiger partial charge >= 0.3 is 0 Å². The first kappa shape index (κ1) is 17.6. The topological polar surface area (TPSA) is 105 Å². The molecule has 0 aliphatic heterocycles. The van der Waals surface area contributed by atoms with Crippen LogP contribution in [0.5, 0.6) is 0 Å². The Morgan fingerprint density at radius 1 is 1.25 bits per heavy atom. The van der Waals surface area contributed by atoms with Crippen LogP contribution in [-0.4, -0.2) is 31.4 Å². The molecular weight excluding hydrogens is 356 g/mol. The van der Waals surface area contributed by atoms with Gasteiger partial charge in [-0.05, 0) is 36.8 Å². The summed E-state index contributed by atoms with van der Waals surface area (Å²) in [6.07, 6.45) is 4.98. The van der Waals surface area contributed by atoms with Crippen LogP contribution < -0.4 is 16.4 Å². The fraction of sp³-hybridized carbons (Fsp3) is 0.150. The monoisotopic (exact) mass is 374 g/mol. The number of amides is 1. The zero-order valence-electron chi connectivity index (χ0n) is 15.2. The Balaban J connectivity index is 2.08. The average molecular weight is 374 g/mol. The minimum atomic E-state index is -0.396. The van der Waals surface area contributed by atoms with Crippen molar-refractivity contribution in [1.29, 1.82) is 5.41 Å². The number of nitrogens with one attached hydrogen (secondary N) is 2. The fourth-order valence-corrected chi connectivity index (χ4v) is 3.14. The van der Waals surface area contributed by atoms with Gasteiger partial charge in [0.1, 0.15) is 16.8 Å². The summed E-state index contributed by atoms with van der Waals surface area (Å²) in [5.74, 6) is -0.396. The molecule has 0 saturated heterocycles. The molecule has 0 bridgehead atoms. The van der Waals surface area contributed by atoms with E-state index >= 15 is 0 Å². The Hall–Kier alpha value is -3.81. The lowest BCUT2D eigenvalue weighted by atomic mass is 10.1. The van der Waals surface area contributed by atoms with Crippen molar-refractivity contribution in [3.8, 4) is 0 Å². The molecular formula is C20H18N6O2. The van der Waals surface area contributed by atoms with Gasteiger partial charge in [-0.3, -0.25) is 24.4 Å². The van der Waals surface area contributed by atoms with Gasteiger partial charge in [0.25, 0.3) is 11.5 Å². The Labute approximate surface area is 159 Å². The van der Waals surface area contributed by atoms with Gasteiger partial charge in [-0.15, -0.1) is 0 Å². The Morgan fingerprint density at radius 3 is 2.86 bits per heavy atom. The molecule has 8 heteroatoms. The van der Waals surface area contributed by atoms with Gasteiger partial charge in [0.05, 0.1) is 17.5 Å². The van der Waals surface area contributed by atoms with E-state index in [0.717, 1.165) is 5.56 Å². The van der Waals surface area contributed by atoms with Gasteiger partial charge in [-0.1, -0.05) is 12.1 Å². The highest BCUT2D eigenvalue weighted by atomic mass is 16.1. The number of carbonyl (C=O) groups is 1. The van der Waals surface area contributed by atoms with Crippen molar-refractivity contribution in [1.82, 2.24) is 24.3 Å². The van der Waals surface area contributed by atoms with Gasteiger partial charge in [0.2, 0.25) is 0 Å². The highest BCUT2D eigenvalue weighted by Crippen LogP contribution is 2.12. The molecule has 4 heterocycles. The van der Waals surface area contributed by atoms with Gasteiger partial charge in [-0.2, -0.15) is 0 Å². The normalized spacial score (nSPS) is 11.0. The van der Waals surface area contributed by atoms with Crippen LogP contribution in [0.2, 0.25) is 0 Å².